The third-order valence-corrected chi connectivity index (χ3v) is 3.11. The van der Waals surface area contributed by atoms with Crippen molar-refractivity contribution in [2.75, 3.05) is 5.32 Å². The van der Waals surface area contributed by atoms with E-state index < -0.39 is 5.91 Å². The number of carbonyl (C=O) groups excluding carboxylic acids is 1. The van der Waals surface area contributed by atoms with Gasteiger partial charge in [0.1, 0.15) is 11.5 Å². The molecule has 6 nitrogen and oxygen atoms in total. The molecule has 0 saturated heterocycles. The molecule has 8 heteroatoms. The quantitative estimate of drug-likeness (QED) is 0.427. The fourth-order valence-electron chi connectivity index (χ4n) is 1.63. The first kappa shape index (κ1) is 15.9. The van der Waals surface area contributed by atoms with E-state index in [1.54, 1.807) is 24.3 Å². The summed E-state index contributed by atoms with van der Waals surface area (Å²) >= 11 is 11.0. The zero-order chi connectivity index (χ0) is 16.1. The van der Waals surface area contributed by atoms with Gasteiger partial charge in [-0.05, 0) is 36.5 Å². The first-order valence-electron chi connectivity index (χ1n) is 6.10. The molecule has 22 heavy (non-hydrogen) atoms. The van der Waals surface area contributed by atoms with Crippen LogP contribution in [0.5, 0.6) is 11.5 Å². The van der Waals surface area contributed by atoms with E-state index in [0.29, 0.717) is 10.7 Å². The molecule has 0 atom stereocenters. The number of hydrogen-bond donors (Lipinski definition) is 5. The van der Waals surface area contributed by atoms with Crippen LogP contribution in [0.2, 0.25) is 5.02 Å². The Labute approximate surface area is 136 Å². The van der Waals surface area contributed by atoms with Gasteiger partial charge in [-0.1, -0.05) is 23.7 Å². The van der Waals surface area contributed by atoms with Crippen molar-refractivity contribution in [3.63, 3.8) is 0 Å². The molecule has 0 spiro atoms. The number of para-hydroxylation sites is 1. The zero-order valence-electron chi connectivity index (χ0n) is 11.1. The average molecular weight is 338 g/mol. The Kier molecular flexibility index (Phi) is 5.03. The van der Waals surface area contributed by atoms with Gasteiger partial charge in [0.2, 0.25) is 0 Å². The van der Waals surface area contributed by atoms with E-state index in [-0.39, 0.29) is 22.2 Å². The molecular formula is C14H12ClN3O3S. The Balaban J connectivity index is 1.93. The SMILES string of the molecule is O=C(NNC(=S)Nc1ccccc1Cl)c1cc(O)cc(O)c1. The van der Waals surface area contributed by atoms with Gasteiger partial charge in [0, 0.05) is 11.6 Å². The minimum Gasteiger partial charge on any atom is -0.508 e. The number of nitrogens with one attached hydrogen (secondary N) is 3. The molecule has 0 aliphatic rings. The van der Waals surface area contributed by atoms with Gasteiger partial charge in [-0.15, -0.1) is 0 Å². The van der Waals surface area contributed by atoms with Crippen LogP contribution >= 0.6 is 23.8 Å². The van der Waals surface area contributed by atoms with Crippen molar-refractivity contribution in [1.82, 2.24) is 10.9 Å². The number of phenols is 2. The third kappa shape index (κ3) is 4.24. The number of benzene rings is 2. The topological polar surface area (TPSA) is 93.6 Å². The summed E-state index contributed by atoms with van der Waals surface area (Å²) in [5, 5.41) is 22.1. The van der Waals surface area contributed by atoms with Crippen molar-refractivity contribution >= 4 is 40.5 Å². The minimum absolute atomic E-state index is 0.0746. The maximum atomic E-state index is 11.9. The first-order chi connectivity index (χ1) is 10.5. The predicted octanol–water partition coefficient (Wildman–Crippen LogP) is 2.38. The van der Waals surface area contributed by atoms with E-state index in [4.69, 9.17) is 23.8 Å². The van der Waals surface area contributed by atoms with E-state index in [1.807, 2.05) is 0 Å². The Morgan fingerprint density at radius 3 is 2.32 bits per heavy atom. The van der Waals surface area contributed by atoms with Crippen molar-refractivity contribution < 1.29 is 15.0 Å². The smallest absolute Gasteiger partial charge is 0.269 e. The minimum atomic E-state index is -0.575. The molecule has 1 amide bonds. The van der Waals surface area contributed by atoms with Gasteiger partial charge in [-0.25, -0.2) is 0 Å². The summed E-state index contributed by atoms with van der Waals surface area (Å²) in [6.45, 7) is 0. The lowest BCUT2D eigenvalue weighted by Crippen LogP contribution is -2.43. The number of phenolic OH excluding ortho intramolecular Hbond substituents is 2. The van der Waals surface area contributed by atoms with Crippen molar-refractivity contribution in [2.45, 2.75) is 0 Å². The lowest BCUT2D eigenvalue weighted by Gasteiger charge is -2.12. The molecule has 2 rings (SSSR count). The molecule has 0 radical (unpaired) electrons. The molecule has 0 bridgehead atoms. The number of hydrazine groups is 1. The number of hydrogen-bond acceptors (Lipinski definition) is 4. The Hall–Kier alpha value is -2.51. The molecule has 2 aromatic carbocycles. The highest BCUT2D eigenvalue weighted by Crippen LogP contribution is 2.21. The van der Waals surface area contributed by atoms with Gasteiger partial charge in [0.15, 0.2) is 5.11 Å². The highest BCUT2D eigenvalue weighted by atomic mass is 35.5. The lowest BCUT2D eigenvalue weighted by atomic mass is 10.2. The number of thiocarbonyl (C=S) groups is 1. The van der Waals surface area contributed by atoms with E-state index in [2.05, 4.69) is 16.2 Å². The summed E-state index contributed by atoms with van der Waals surface area (Å²) in [6, 6.07) is 10.5. The van der Waals surface area contributed by atoms with Crippen LogP contribution in [0.15, 0.2) is 42.5 Å². The summed E-state index contributed by atoms with van der Waals surface area (Å²) in [6.07, 6.45) is 0. The zero-order valence-corrected chi connectivity index (χ0v) is 12.7. The molecule has 0 unspecified atom stereocenters. The fourth-order valence-corrected chi connectivity index (χ4v) is 1.97. The van der Waals surface area contributed by atoms with E-state index >= 15 is 0 Å². The van der Waals surface area contributed by atoms with E-state index in [1.165, 1.54) is 12.1 Å². The molecule has 2 aromatic rings. The van der Waals surface area contributed by atoms with Gasteiger partial charge >= 0.3 is 0 Å². The second-order valence-electron chi connectivity index (χ2n) is 4.25. The van der Waals surface area contributed by atoms with E-state index in [9.17, 15) is 15.0 Å². The first-order valence-corrected chi connectivity index (χ1v) is 6.89. The lowest BCUT2D eigenvalue weighted by molar-refractivity contribution is 0.0943. The van der Waals surface area contributed by atoms with Gasteiger partial charge in [-0.3, -0.25) is 15.6 Å². The van der Waals surface area contributed by atoms with Crippen LogP contribution < -0.4 is 16.2 Å². The average Bonchev–Trinajstić information content (AvgIpc) is 2.46. The van der Waals surface area contributed by atoms with Crippen LogP contribution in [0.25, 0.3) is 0 Å². The Morgan fingerprint density at radius 1 is 1.05 bits per heavy atom. The molecule has 0 fully saturated rings. The monoisotopic (exact) mass is 337 g/mol. The van der Waals surface area contributed by atoms with Crippen LogP contribution in [0.3, 0.4) is 0 Å². The van der Waals surface area contributed by atoms with Crippen LogP contribution in [-0.4, -0.2) is 21.2 Å². The standard InChI is InChI=1S/C14H12ClN3O3S/c15-11-3-1-2-4-12(11)16-14(22)18-17-13(21)8-5-9(19)7-10(20)6-8/h1-7,19-20H,(H,17,21)(H2,16,18,22). The highest BCUT2D eigenvalue weighted by molar-refractivity contribution is 7.80. The number of amides is 1. The van der Waals surface area contributed by atoms with Crippen LogP contribution in [0, 0.1) is 0 Å². The van der Waals surface area contributed by atoms with Crippen LogP contribution in [0.1, 0.15) is 10.4 Å². The molecule has 0 heterocycles. The van der Waals surface area contributed by atoms with Gasteiger partial charge in [-0.2, -0.15) is 0 Å². The molecular weight excluding hydrogens is 326 g/mol. The number of anilines is 1. The van der Waals surface area contributed by atoms with Crippen LogP contribution in [-0.2, 0) is 0 Å². The highest BCUT2D eigenvalue weighted by Gasteiger charge is 2.09. The largest absolute Gasteiger partial charge is 0.508 e. The third-order valence-electron chi connectivity index (χ3n) is 2.58. The van der Waals surface area contributed by atoms with Gasteiger partial charge < -0.3 is 15.5 Å². The molecule has 0 saturated carbocycles. The number of aromatic hydroxyl groups is 2. The molecule has 5 N–H and O–H groups in total. The normalized spacial score (nSPS) is 9.86. The number of rotatable bonds is 2. The summed E-state index contributed by atoms with van der Waals surface area (Å²) in [7, 11) is 0. The second-order valence-corrected chi connectivity index (χ2v) is 5.07. The molecule has 0 aromatic heterocycles. The van der Waals surface area contributed by atoms with Crippen molar-refractivity contribution in [3.8, 4) is 11.5 Å². The molecule has 0 aliphatic heterocycles. The van der Waals surface area contributed by atoms with Crippen molar-refractivity contribution in [2.24, 2.45) is 0 Å². The Bertz CT molecular complexity index is 704. The summed E-state index contributed by atoms with van der Waals surface area (Å²) in [5.74, 6) is -1.02. The number of carbonyl (C=O) groups is 1. The predicted molar refractivity (Wildman–Crippen MR) is 88.0 cm³/mol. The maximum absolute atomic E-state index is 11.9. The van der Waals surface area contributed by atoms with Crippen molar-refractivity contribution in [3.05, 3.63) is 53.1 Å². The maximum Gasteiger partial charge on any atom is 0.269 e. The van der Waals surface area contributed by atoms with Crippen LogP contribution in [0.4, 0.5) is 5.69 Å². The van der Waals surface area contributed by atoms with Crippen molar-refractivity contribution in [1.29, 1.82) is 0 Å². The fraction of sp³-hybridized carbons (Fsp3) is 0. The van der Waals surface area contributed by atoms with Gasteiger partial charge in [0.25, 0.3) is 5.91 Å². The molecule has 0 aliphatic carbocycles. The second kappa shape index (κ2) is 6.97. The summed E-state index contributed by atoms with van der Waals surface area (Å²) in [5.41, 5.74) is 5.49. The Morgan fingerprint density at radius 2 is 1.68 bits per heavy atom. The van der Waals surface area contributed by atoms with E-state index in [0.717, 1.165) is 6.07 Å². The summed E-state index contributed by atoms with van der Waals surface area (Å²) in [4.78, 5) is 11.9. The number of halogens is 1. The van der Waals surface area contributed by atoms with Gasteiger partial charge in [0.05, 0.1) is 10.7 Å². The molecule has 114 valence electrons. The summed E-state index contributed by atoms with van der Waals surface area (Å²) < 4.78 is 0.